The molecule has 5 nitrogen and oxygen atoms in total. The van der Waals surface area contributed by atoms with E-state index in [1.165, 1.54) is 24.3 Å². The summed E-state index contributed by atoms with van der Waals surface area (Å²) >= 11 is 0. The molecule has 1 amide bonds. The van der Waals surface area contributed by atoms with E-state index in [9.17, 15) is 9.90 Å². The fraction of sp³-hybridized carbons (Fsp3) is 0.222. The van der Waals surface area contributed by atoms with Gasteiger partial charge < -0.3 is 9.84 Å². The molecule has 2 aromatic carbocycles. The molecule has 0 fully saturated rings. The Bertz CT molecular complexity index is 679. The van der Waals surface area contributed by atoms with E-state index in [2.05, 4.69) is 24.4 Å². The molecule has 0 aromatic heterocycles. The normalized spacial score (nSPS) is 10.9. The van der Waals surface area contributed by atoms with E-state index in [1.54, 1.807) is 6.21 Å². The summed E-state index contributed by atoms with van der Waals surface area (Å²) in [5.74, 6) is 0.918. The average Bonchev–Trinajstić information content (AvgIpc) is 2.54. The van der Waals surface area contributed by atoms with Crippen LogP contribution in [0, 0.1) is 5.92 Å². The van der Waals surface area contributed by atoms with Crippen molar-refractivity contribution in [2.75, 3.05) is 6.61 Å². The quantitative estimate of drug-likeness (QED) is 0.635. The maximum absolute atomic E-state index is 11.9. The molecule has 120 valence electrons. The number of nitrogens with one attached hydrogen (secondary N) is 1. The molecule has 23 heavy (non-hydrogen) atoms. The van der Waals surface area contributed by atoms with Crippen molar-refractivity contribution >= 4 is 12.1 Å². The Balaban J connectivity index is 2.00. The Morgan fingerprint density at radius 2 is 1.91 bits per heavy atom. The molecule has 0 unspecified atom stereocenters. The summed E-state index contributed by atoms with van der Waals surface area (Å²) < 4.78 is 5.72. The van der Waals surface area contributed by atoms with Crippen LogP contribution >= 0.6 is 0 Å². The van der Waals surface area contributed by atoms with Crippen molar-refractivity contribution in [2.45, 2.75) is 13.8 Å². The van der Waals surface area contributed by atoms with Crippen LogP contribution < -0.4 is 10.2 Å². The fourth-order valence-corrected chi connectivity index (χ4v) is 1.81. The molecule has 0 radical (unpaired) electrons. The number of benzene rings is 2. The molecule has 2 N–H and O–H groups in total. The molecule has 0 heterocycles. The van der Waals surface area contributed by atoms with Gasteiger partial charge in [-0.3, -0.25) is 4.79 Å². The van der Waals surface area contributed by atoms with Crippen LogP contribution in [0.2, 0.25) is 0 Å². The van der Waals surface area contributed by atoms with Crippen LogP contribution in [-0.4, -0.2) is 23.8 Å². The number of aromatic hydroxyl groups is 1. The Labute approximate surface area is 135 Å². The predicted octanol–water partition coefficient (Wildman–Crippen LogP) is 3.19. The average molecular weight is 312 g/mol. The zero-order valence-corrected chi connectivity index (χ0v) is 13.2. The number of hydrogen-bond donors (Lipinski definition) is 2. The lowest BCUT2D eigenvalue weighted by molar-refractivity contribution is 0.0955. The number of carbonyl (C=O) groups is 1. The molecule has 2 rings (SSSR count). The van der Waals surface area contributed by atoms with Gasteiger partial charge in [-0.05, 0) is 42.3 Å². The summed E-state index contributed by atoms with van der Waals surface area (Å²) in [5, 5.41) is 13.2. The Hall–Kier alpha value is -2.82. The van der Waals surface area contributed by atoms with Crippen molar-refractivity contribution in [3.63, 3.8) is 0 Å². The van der Waals surface area contributed by atoms with E-state index < -0.39 is 0 Å². The first kappa shape index (κ1) is 16.5. The Morgan fingerprint density at radius 3 is 2.61 bits per heavy atom. The number of hydrazone groups is 1. The minimum absolute atomic E-state index is 0.112. The summed E-state index contributed by atoms with van der Waals surface area (Å²) in [7, 11) is 0. The van der Waals surface area contributed by atoms with Gasteiger partial charge in [0, 0.05) is 11.1 Å². The lowest BCUT2D eigenvalue weighted by atomic mass is 10.2. The first-order chi connectivity index (χ1) is 11.1. The van der Waals surface area contributed by atoms with Crippen molar-refractivity contribution in [1.82, 2.24) is 5.43 Å². The first-order valence-corrected chi connectivity index (χ1v) is 7.40. The highest BCUT2D eigenvalue weighted by atomic mass is 16.5. The maximum Gasteiger partial charge on any atom is 0.271 e. The third-order valence-electron chi connectivity index (χ3n) is 2.99. The van der Waals surface area contributed by atoms with Gasteiger partial charge in [0.1, 0.15) is 11.5 Å². The van der Waals surface area contributed by atoms with Crippen LogP contribution in [0.3, 0.4) is 0 Å². The van der Waals surface area contributed by atoms with Gasteiger partial charge in [-0.1, -0.05) is 26.0 Å². The molecule has 0 aliphatic carbocycles. The monoisotopic (exact) mass is 312 g/mol. The molecular formula is C18H20N2O3. The number of carbonyl (C=O) groups excluding carboxylic acids is 1. The summed E-state index contributed by atoms with van der Waals surface area (Å²) in [6.45, 7) is 4.77. The summed E-state index contributed by atoms with van der Waals surface area (Å²) in [4.78, 5) is 11.9. The summed E-state index contributed by atoms with van der Waals surface area (Å²) in [5.41, 5.74) is 3.66. The molecule has 5 heteroatoms. The standard InChI is InChI=1S/C18H20N2O3/c1-13(2)12-23-17-6-4-3-5-15(17)11-19-20-18(22)14-7-9-16(21)10-8-14/h3-11,13,21H,12H2,1-2H3,(H,20,22)/b19-11-. The van der Waals surface area contributed by atoms with Gasteiger partial charge >= 0.3 is 0 Å². The van der Waals surface area contributed by atoms with Crippen molar-refractivity contribution in [2.24, 2.45) is 11.0 Å². The van der Waals surface area contributed by atoms with Crippen LogP contribution in [0.25, 0.3) is 0 Å². The van der Waals surface area contributed by atoms with Crippen LogP contribution in [-0.2, 0) is 0 Å². The number of phenolic OH excluding ortho intramolecular Hbond substituents is 1. The lowest BCUT2D eigenvalue weighted by Gasteiger charge is -2.10. The molecule has 0 saturated carbocycles. The highest BCUT2D eigenvalue weighted by Gasteiger charge is 2.05. The van der Waals surface area contributed by atoms with Crippen LogP contribution in [0.15, 0.2) is 53.6 Å². The Morgan fingerprint density at radius 1 is 1.22 bits per heavy atom. The molecular weight excluding hydrogens is 292 g/mol. The van der Waals surface area contributed by atoms with E-state index in [0.717, 1.165) is 11.3 Å². The lowest BCUT2D eigenvalue weighted by Crippen LogP contribution is -2.17. The zero-order chi connectivity index (χ0) is 16.7. The van der Waals surface area contributed by atoms with Crippen molar-refractivity contribution in [3.05, 3.63) is 59.7 Å². The molecule has 0 bridgehead atoms. The Kier molecular flexibility index (Phi) is 5.74. The smallest absolute Gasteiger partial charge is 0.271 e. The molecule has 0 atom stereocenters. The first-order valence-electron chi connectivity index (χ1n) is 7.40. The van der Waals surface area contributed by atoms with Crippen molar-refractivity contribution < 1.29 is 14.6 Å². The fourth-order valence-electron chi connectivity index (χ4n) is 1.81. The second kappa shape index (κ2) is 7.98. The second-order valence-electron chi connectivity index (χ2n) is 5.49. The molecule has 0 aliphatic rings. The maximum atomic E-state index is 11.9. The van der Waals surface area contributed by atoms with E-state index >= 15 is 0 Å². The minimum atomic E-state index is -0.346. The van der Waals surface area contributed by atoms with Gasteiger partial charge in [0.05, 0.1) is 12.8 Å². The SMILES string of the molecule is CC(C)COc1ccccc1/C=N\NC(=O)c1ccc(O)cc1. The van der Waals surface area contributed by atoms with E-state index in [4.69, 9.17) is 4.74 Å². The number of nitrogens with zero attached hydrogens (tertiary/aromatic N) is 1. The second-order valence-corrected chi connectivity index (χ2v) is 5.49. The summed E-state index contributed by atoms with van der Waals surface area (Å²) in [6.07, 6.45) is 1.55. The third kappa shape index (κ3) is 5.14. The minimum Gasteiger partial charge on any atom is -0.508 e. The number of amides is 1. The zero-order valence-electron chi connectivity index (χ0n) is 13.2. The van der Waals surface area contributed by atoms with Gasteiger partial charge in [0.15, 0.2) is 0 Å². The van der Waals surface area contributed by atoms with E-state index in [1.807, 2.05) is 24.3 Å². The predicted molar refractivity (Wildman–Crippen MR) is 89.9 cm³/mol. The molecule has 0 spiro atoms. The molecule has 2 aromatic rings. The number of phenols is 1. The topological polar surface area (TPSA) is 70.9 Å². The number of ether oxygens (including phenoxy) is 1. The van der Waals surface area contributed by atoms with Gasteiger partial charge in [-0.15, -0.1) is 0 Å². The van der Waals surface area contributed by atoms with Crippen molar-refractivity contribution in [1.29, 1.82) is 0 Å². The van der Waals surface area contributed by atoms with E-state index in [0.29, 0.717) is 18.1 Å². The van der Waals surface area contributed by atoms with Crippen LogP contribution in [0.4, 0.5) is 0 Å². The van der Waals surface area contributed by atoms with Crippen molar-refractivity contribution in [3.8, 4) is 11.5 Å². The largest absolute Gasteiger partial charge is 0.508 e. The molecule has 0 aliphatic heterocycles. The highest BCUT2D eigenvalue weighted by molar-refractivity contribution is 5.95. The van der Waals surface area contributed by atoms with Crippen LogP contribution in [0.1, 0.15) is 29.8 Å². The van der Waals surface area contributed by atoms with Gasteiger partial charge in [-0.2, -0.15) is 5.10 Å². The van der Waals surface area contributed by atoms with Gasteiger partial charge in [0.2, 0.25) is 0 Å². The summed E-state index contributed by atoms with van der Waals surface area (Å²) in [6, 6.07) is 13.5. The van der Waals surface area contributed by atoms with Gasteiger partial charge in [-0.25, -0.2) is 5.43 Å². The number of hydrogen-bond acceptors (Lipinski definition) is 4. The van der Waals surface area contributed by atoms with E-state index in [-0.39, 0.29) is 11.7 Å². The third-order valence-corrected chi connectivity index (χ3v) is 2.99. The number of para-hydroxylation sites is 1. The number of rotatable bonds is 6. The highest BCUT2D eigenvalue weighted by Crippen LogP contribution is 2.16. The van der Waals surface area contributed by atoms with Gasteiger partial charge in [0.25, 0.3) is 5.91 Å². The van der Waals surface area contributed by atoms with Crippen LogP contribution in [0.5, 0.6) is 11.5 Å². The molecule has 0 saturated heterocycles.